The van der Waals surface area contributed by atoms with Gasteiger partial charge in [0.15, 0.2) is 11.5 Å². The number of methoxy groups -OCH3 is 1. The molecule has 0 atom stereocenters. The van der Waals surface area contributed by atoms with Gasteiger partial charge in [-0.25, -0.2) is 0 Å². The van der Waals surface area contributed by atoms with Crippen molar-refractivity contribution in [3.05, 3.63) is 59.7 Å². The molecule has 0 aromatic heterocycles. The van der Waals surface area contributed by atoms with Crippen molar-refractivity contribution < 1.29 is 9.47 Å². The summed E-state index contributed by atoms with van der Waals surface area (Å²) in [7, 11) is 1.67. The number of nitrogens with zero attached hydrogens (tertiary/aromatic N) is 1. The topological polar surface area (TPSA) is 21.7 Å². The van der Waals surface area contributed by atoms with Crippen LogP contribution < -0.4 is 9.47 Å². The Labute approximate surface area is 161 Å². The molecule has 1 aliphatic heterocycles. The van der Waals surface area contributed by atoms with Crippen molar-refractivity contribution in [2.45, 2.75) is 26.2 Å². The minimum absolute atomic E-state index is 0.620. The molecule has 4 heteroatoms. The van der Waals surface area contributed by atoms with Gasteiger partial charge in [-0.2, -0.15) is 0 Å². The maximum atomic E-state index is 5.75. The van der Waals surface area contributed by atoms with E-state index >= 15 is 0 Å². The molecule has 0 bridgehead atoms. The zero-order valence-corrected chi connectivity index (χ0v) is 16.4. The third-order valence-corrected chi connectivity index (χ3v) is 5.47. The summed E-state index contributed by atoms with van der Waals surface area (Å²) in [4.78, 5) is 3.23. The highest BCUT2D eigenvalue weighted by atomic mass is 32.1. The van der Waals surface area contributed by atoms with E-state index in [1.807, 2.05) is 25.1 Å². The quantitative estimate of drug-likeness (QED) is 0.687. The summed E-state index contributed by atoms with van der Waals surface area (Å²) in [6.45, 7) is 4.63. The first-order valence-electron chi connectivity index (χ1n) is 9.35. The monoisotopic (exact) mass is 369 g/mol. The molecule has 3 nitrogen and oxygen atoms in total. The van der Waals surface area contributed by atoms with E-state index in [1.54, 1.807) is 7.11 Å². The lowest BCUT2D eigenvalue weighted by Crippen LogP contribution is -2.38. The first-order chi connectivity index (χ1) is 12.7. The second-order valence-corrected chi connectivity index (χ2v) is 7.11. The van der Waals surface area contributed by atoms with Gasteiger partial charge in [-0.05, 0) is 55.9 Å². The van der Waals surface area contributed by atoms with E-state index < -0.39 is 0 Å². The van der Waals surface area contributed by atoms with Crippen molar-refractivity contribution in [3.8, 4) is 11.5 Å². The predicted molar refractivity (Wildman–Crippen MR) is 110 cm³/mol. The van der Waals surface area contributed by atoms with Crippen LogP contribution in [0.3, 0.4) is 0 Å². The summed E-state index contributed by atoms with van der Waals surface area (Å²) in [5, 5.41) is 0. The van der Waals surface area contributed by atoms with E-state index in [2.05, 4.69) is 35.2 Å². The van der Waals surface area contributed by atoms with E-state index in [9.17, 15) is 0 Å². The van der Waals surface area contributed by atoms with Gasteiger partial charge in [-0.3, -0.25) is 0 Å². The van der Waals surface area contributed by atoms with Gasteiger partial charge >= 0.3 is 0 Å². The molecule has 1 saturated heterocycles. The summed E-state index contributed by atoms with van der Waals surface area (Å²) in [6.07, 6.45) is 3.53. The van der Waals surface area contributed by atoms with Crippen LogP contribution in [0.2, 0.25) is 0 Å². The summed E-state index contributed by atoms with van der Waals surface area (Å²) in [5.74, 6) is 2.25. The van der Waals surface area contributed by atoms with Crippen LogP contribution in [0.4, 0.5) is 0 Å². The number of hydrogen-bond donors (Lipinski definition) is 0. The van der Waals surface area contributed by atoms with Crippen molar-refractivity contribution in [2.75, 3.05) is 26.8 Å². The van der Waals surface area contributed by atoms with Crippen LogP contribution in [0.1, 0.15) is 30.9 Å². The maximum Gasteiger partial charge on any atom is 0.161 e. The van der Waals surface area contributed by atoms with E-state index in [1.165, 1.54) is 18.4 Å². The highest BCUT2D eigenvalue weighted by Crippen LogP contribution is 2.30. The number of ether oxygens (including phenoxy) is 2. The Morgan fingerprint density at radius 1 is 1.08 bits per heavy atom. The fourth-order valence-electron chi connectivity index (χ4n) is 3.55. The normalized spacial score (nSPS) is 14.9. The van der Waals surface area contributed by atoms with Crippen molar-refractivity contribution in [2.24, 2.45) is 5.92 Å². The Bertz CT molecular complexity index is 724. The molecule has 0 N–H and O–H groups in total. The zero-order chi connectivity index (χ0) is 18.4. The third-order valence-electron chi connectivity index (χ3n) is 4.98. The molecule has 0 radical (unpaired) electrons. The first-order valence-corrected chi connectivity index (χ1v) is 9.76. The van der Waals surface area contributed by atoms with E-state index in [0.29, 0.717) is 6.61 Å². The molecule has 0 saturated carbocycles. The van der Waals surface area contributed by atoms with Crippen molar-refractivity contribution >= 4 is 17.2 Å². The first kappa shape index (κ1) is 18.7. The molecule has 2 aromatic carbocycles. The summed E-state index contributed by atoms with van der Waals surface area (Å²) < 4.78 is 11.1. The third kappa shape index (κ3) is 4.55. The molecule has 138 valence electrons. The fourth-order valence-corrected chi connectivity index (χ4v) is 3.86. The second-order valence-electron chi connectivity index (χ2n) is 6.72. The number of rotatable bonds is 6. The van der Waals surface area contributed by atoms with Crippen LogP contribution >= 0.6 is 12.2 Å². The molecule has 3 rings (SSSR count). The Hall–Kier alpha value is -2.07. The van der Waals surface area contributed by atoms with Crippen LogP contribution in [0.25, 0.3) is 0 Å². The molecule has 2 aromatic rings. The summed E-state index contributed by atoms with van der Waals surface area (Å²) in [6, 6.07) is 16.8. The standard InChI is InChI=1S/C22H27NO2S/c1-3-25-20-10-9-19(16-21(20)24-2)22(26)23-13-11-18(12-14-23)15-17-7-5-4-6-8-17/h4-10,16,18H,3,11-15H2,1-2H3. The van der Waals surface area contributed by atoms with Crippen molar-refractivity contribution in [1.29, 1.82) is 0 Å². The maximum absolute atomic E-state index is 5.75. The molecule has 0 amide bonds. The molecule has 0 unspecified atom stereocenters. The van der Waals surface area contributed by atoms with Gasteiger partial charge in [0.1, 0.15) is 4.99 Å². The predicted octanol–water partition coefficient (Wildman–Crippen LogP) is 4.72. The average Bonchev–Trinajstić information content (AvgIpc) is 2.69. The number of hydrogen-bond acceptors (Lipinski definition) is 3. The van der Waals surface area contributed by atoms with E-state index in [-0.39, 0.29) is 0 Å². The molecule has 0 spiro atoms. The Morgan fingerprint density at radius 2 is 1.81 bits per heavy atom. The van der Waals surface area contributed by atoms with Gasteiger partial charge in [0.05, 0.1) is 13.7 Å². The smallest absolute Gasteiger partial charge is 0.161 e. The molecule has 1 fully saturated rings. The second kappa shape index (κ2) is 9.04. The van der Waals surface area contributed by atoms with Crippen LogP contribution in [-0.4, -0.2) is 36.7 Å². The Morgan fingerprint density at radius 3 is 2.46 bits per heavy atom. The van der Waals surface area contributed by atoms with Crippen molar-refractivity contribution in [3.63, 3.8) is 0 Å². The van der Waals surface area contributed by atoms with Crippen LogP contribution in [-0.2, 0) is 6.42 Å². The minimum atomic E-state index is 0.620. The molecule has 1 heterocycles. The molecular formula is C22H27NO2S. The van der Waals surface area contributed by atoms with Gasteiger partial charge in [-0.15, -0.1) is 0 Å². The van der Waals surface area contributed by atoms with Gasteiger partial charge in [0.2, 0.25) is 0 Å². The summed E-state index contributed by atoms with van der Waals surface area (Å²) in [5.41, 5.74) is 2.46. The molecule has 26 heavy (non-hydrogen) atoms. The van der Waals surface area contributed by atoms with Crippen LogP contribution in [0.5, 0.6) is 11.5 Å². The lowest BCUT2D eigenvalue weighted by atomic mass is 9.90. The number of piperidine rings is 1. The lowest BCUT2D eigenvalue weighted by Gasteiger charge is -2.34. The minimum Gasteiger partial charge on any atom is -0.493 e. The number of benzene rings is 2. The van der Waals surface area contributed by atoms with Crippen LogP contribution in [0, 0.1) is 5.92 Å². The fraction of sp³-hybridized carbons (Fsp3) is 0.409. The highest BCUT2D eigenvalue weighted by molar-refractivity contribution is 7.80. The SMILES string of the molecule is CCOc1ccc(C(=S)N2CCC(Cc3ccccc3)CC2)cc1OC. The Kier molecular flexibility index (Phi) is 6.51. The molecule has 1 aliphatic rings. The molecule has 0 aliphatic carbocycles. The Balaban J connectivity index is 1.59. The van der Waals surface area contributed by atoms with E-state index in [4.69, 9.17) is 21.7 Å². The number of likely N-dealkylation sites (tertiary alicyclic amines) is 1. The largest absolute Gasteiger partial charge is 0.493 e. The average molecular weight is 370 g/mol. The zero-order valence-electron chi connectivity index (χ0n) is 15.6. The lowest BCUT2D eigenvalue weighted by molar-refractivity contribution is 0.268. The van der Waals surface area contributed by atoms with Crippen molar-refractivity contribution in [1.82, 2.24) is 4.90 Å². The van der Waals surface area contributed by atoms with Gasteiger partial charge < -0.3 is 14.4 Å². The highest BCUT2D eigenvalue weighted by Gasteiger charge is 2.22. The van der Waals surface area contributed by atoms with E-state index in [0.717, 1.165) is 47.5 Å². The molecular weight excluding hydrogens is 342 g/mol. The van der Waals surface area contributed by atoms with Gasteiger partial charge in [-0.1, -0.05) is 42.5 Å². The van der Waals surface area contributed by atoms with Gasteiger partial charge in [0, 0.05) is 18.7 Å². The van der Waals surface area contributed by atoms with Crippen LogP contribution in [0.15, 0.2) is 48.5 Å². The number of thiocarbonyl (C=S) groups is 1. The van der Waals surface area contributed by atoms with Gasteiger partial charge in [0.25, 0.3) is 0 Å². The summed E-state index contributed by atoms with van der Waals surface area (Å²) >= 11 is 5.75.